The van der Waals surface area contributed by atoms with Gasteiger partial charge in [0.2, 0.25) is 0 Å². The maximum Gasteiger partial charge on any atom is 0.179 e. The average molecular weight is 420 g/mol. The number of hydrogen-bond acceptors (Lipinski definition) is 4. The Bertz CT molecular complexity index is 139. The van der Waals surface area contributed by atoms with Gasteiger partial charge in [-0.25, -0.2) is 0 Å². The van der Waals surface area contributed by atoms with E-state index in [0.717, 1.165) is 0 Å². The van der Waals surface area contributed by atoms with Crippen LogP contribution in [0.4, 0.5) is 0 Å². The van der Waals surface area contributed by atoms with Crippen LogP contribution in [0.5, 0.6) is 0 Å². The molecule has 0 aromatic rings. The molecule has 0 aliphatic heterocycles. The molecule has 7 heteroatoms. The van der Waals surface area contributed by atoms with Gasteiger partial charge < -0.3 is 19.8 Å². The first-order valence-corrected chi connectivity index (χ1v) is 13.8. The third-order valence-electron chi connectivity index (χ3n) is 0. The van der Waals surface area contributed by atoms with E-state index in [2.05, 4.69) is 0 Å². The van der Waals surface area contributed by atoms with E-state index < -0.39 is 27.8 Å². The van der Waals surface area contributed by atoms with Gasteiger partial charge in [0.05, 0.1) is 11.2 Å². The summed E-state index contributed by atoms with van der Waals surface area (Å²) in [6.07, 6.45) is 0. The molecule has 0 amide bonds. The Hall–Kier alpha value is 1.16. The second-order valence-electron chi connectivity index (χ2n) is 8.68. The normalized spacial score (nSPS) is 11.4. The number of rotatable bonds is 0. The molecule has 0 atom stereocenters. The third-order valence-corrected chi connectivity index (χ3v) is 0. The Labute approximate surface area is 154 Å². The van der Waals surface area contributed by atoms with Crippen molar-refractivity contribution in [3.05, 3.63) is 0 Å². The molecule has 0 unspecified atom stereocenters. The summed E-state index contributed by atoms with van der Waals surface area (Å²) < 4.78 is 0. The van der Waals surface area contributed by atoms with Crippen molar-refractivity contribution >= 4 is 16.6 Å². The first-order chi connectivity index (χ1) is 8.00. The average Bonchev–Trinajstić information content (AvgIpc) is 1.62. The zero-order valence-electron chi connectivity index (χ0n) is 16.3. The zero-order chi connectivity index (χ0) is 18.0. The summed E-state index contributed by atoms with van der Waals surface area (Å²) in [5.41, 5.74) is -1.00. The molecule has 4 N–H and O–H groups in total. The number of aliphatic hydroxyl groups is 2. The fraction of sp³-hybridized carbons (Fsp3) is 1.00. The molecular weight excluding hydrogens is 380 g/mol. The maximum absolute atomic E-state index is 8.66. The molecule has 0 rings (SSSR count). The van der Waals surface area contributed by atoms with Crippen LogP contribution in [0.2, 0.25) is 39.3 Å². The molecule has 0 heterocycles. The molecule has 0 saturated carbocycles. The Balaban J connectivity index is -0.0000000533. The molecule has 0 aromatic carbocycles. The van der Waals surface area contributed by atoms with E-state index in [0.29, 0.717) is 0 Å². The van der Waals surface area contributed by atoms with E-state index in [-0.39, 0.29) is 26.2 Å². The van der Waals surface area contributed by atoms with E-state index in [4.69, 9.17) is 19.8 Å². The van der Waals surface area contributed by atoms with E-state index in [9.17, 15) is 0 Å². The summed E-state index contributed by atoms with van der Waals surface area (Å²) in [4.78, 5) is 17.3. The summed E-state index contributed by atoms with van der Waals surface area (Å²) in [5, 5.41) is 17.0. The molecule has 0 aliphatic rings. The molecule has 21 heavy (non-hydrogen) atoms. The summed E-state index contributed by atoms with van der Waals surface area (Å²) in [6.45, 7) is 21.7. The van der Waals surface area contributed by atoms with Gasteiger partial charge in [0.25, 0.3) is 0 Å². The SMILES string of the molecule is CC(C)(C)O.CC(C)(C)O.C[Si](C)(C)O.C[Si](C)(C)O.[Zr]. The molecule has 0 aromatic heterocycles. The van der Waals surface area contributed by atoms with Crippen molar-refractivity contribution in [3.63, 3.8) is 0 Å². The van der Waals surface area contributed by atoms with Crippen LogP contribution in [0.3, 0.4) is 0 Å². The van der Waals surface area contributed by atoms with E-state index >= 15 is 0 Å². The summed E-state index contributed by atoms with van der Waals surface area (Å²) >= 11 is 0. The predicted octanol–water partition coefficient (Wildman–Crippen LogP) is 3.18. The molecule has 0 saturated heterocycles. The zero-order valence-corrected chi connectivity index (χ0v) is 20.7. The van der Waals surface area contributed by atoms with E-state index in [1.54, 1.807) is 41.5 Å². The van der Waals surface area contributed by atoms with Crippen LogP contribution in [0.25, 0.3) is 0 Å². The van der Waals surface area contributed by atoms with Crippen LogP contribution in [-0.2, 0) is 26.2 Å². The Morgan fingerprint density at radius 1 is 0.524 bits per heavy atom. The molecule has 0 aliphatic carbocycles. The summed E-state index contributed by atoms with van der Waals surface area (Å²) in [5.74, 6) is 0. The second kappa shape index (κ2) is 13.6. The van der Waals surface area contributed by atoms with Gasteiger partial charge in [0, 0.05) is 26.2 Å². The summed E-state index contributed by atoms with van der Waals surface area (Å²) in [6, 6.07) is 0. The van der Waals surface area contributed by atoms with Gasteiger partial charge in [-0.15, -0.1) is 0 Å². The van der Waals surface area contributed by atoms with Gasteiger partial charge >= 0.3 is 0 Å². The first-order valence-electron chi connectivity index (χ1n) is 6.89. The quantitative estimate of drug-likeness (QED) is 0.455. The van der Waals surface area contributed by atoms with Crippen LogP contribution in [0.15, 0.2) is 0 Å². The Morgan fingerprint density at radius 2 is 0.524 bits per heavy atom. The molecule has 0 bridgehead atoms. The van der Waals surface area contributed by atoms with Gasteiger partial charge in [-0.3, -0.25) is 0 Å². The van der Waals surface area contributed by atoms with Gasteiger partial charge in [-0.1, -0.05) is 0 Å². The third kappa shape index (κ3) is 5800. The molecule has 0 fully saturated rings. The van der Waals surface area contributed by atoms with Gasteiger partial charge in [-0.2, -0.15) is 0 Å². The minimum absolute atomic E-state index is 0. The van der Waals surface area contributed by atoms with Crippen molar-refractivity contribution in [3.8, 4) is 0 Å². The first kappa shape index (κ1) is 33.7. The van der Waals surface area contributed by atoms with Gasteiger partial charge in [0.15, 0.2) is 16.6 Å². The fourth-order valence-electron chi connectivity index (χ4n) is 0. The van der Waals surface area contributed by atoms with Crippen molar-refractivity contribution in [2.24, 2.45) is 0 Å². The minimum atomic E-state index is -1.61. The van der Waals surface area contributed by atoms with E-state index in [1.165, 1.54) is 0 Å². The van der Waals surface area contributed by atoms with E-state index in [1.807, 2.05) is 39.3 Å². The largest absolute Gasteiger partial charge is 0.433 e. The molecule has 132 valence electrons. The summed E-state index contributed by atoms with van der Waals surface area (Å²) in [7, 11) is -3.22. The Kier molecular flexibility index (Phi) is 21.8. The predicted molar refractivity (Wildman–Crippen MR) is 95.1 cm³/mol. The van der Waals surface area contributed by atoms with Crippen molar-refractivity contribution in [2.45, 2.75) is 92.0 Å². The van der Waals surface area contributed by atoms with Gasteiger partial charge in [0.1, 0.15) is 0 Å². The van der Waals surface area contributed by atoms with Crippen LogP contribution < -0.4 is 0 Å². The molecular formula is C14H40O4Si2Zr. The van der Waals surface area contributed by atoms with Crippen LogP contribution in [-0.4, -0.2) is 47.6 Å². The van der Waals surface area contributed by atoms with Crippen molar-refractivity contribution in [2.75, 3.05) is 0 Å². The monoisotopic (exact) mass is 418 g/mol. The maximum atomic E-state index is 8.66. The second-order valence-corrected chi connectivity index (χ2v) is 17.4. The minimum Gasteiger partial charge on any atom is -0.433 e. The topological polar surface area (TPSA) is 80.9 Å². The van der Waals surface area contributed by atoms with Crippen LogP contribution >= 0.6 is 0 Å². The standard InChI is InChI=1S/2C4H10O.2C3H10OSi.Zr/c2*1-4(2,3)5;2*1-5(2,3)4;/h2*5H,1-3H3;2*4H,1-3H3;. The fourth-order valence-corrected chi connectivity index (χ4v) is 0. The van der Waals surface area contributed by atoms with Crippen molar-refractivity contribution in [1.29, 1.82) is 0 Å². The smallest absolute Gasteiger partial charge is 0.179 e. The Morgan fingerprint density at radius 3 is 0.524 bits per heavy atom. The number of hydrogen-bond donors (Lipinski definition) is 4. The van der Waals surface area contributed by atoms with Crippen molar-refractivity contribution in [1.82, 2.24) is 0 Å². The molecule has 0 radical (unpaired) electrons. The molecule has 0 spiro atoms. The van der Waals surface area contributed by atoms with Crippen molar-refractivity contribution < 1.29 is 46.0 Å². The molecule has 4 nitrogen and oxygen atoms in total. The van der Waals surface area contributed by atoms with Crippen LogP contribution in [0.1, 0.15) is 41.5 Å². The van der Waals surface area contributed by atoms with Crippen LogP contribution in [0, 0.1) is 0 Å². The van der Waals surface area contributed by atoms with Gasteiger partial charge in [-0.05, 0) is 80.8 Å².